The Bertz CT molecular complexity index is 1330. The predicted octanol–water partition coefficient (Wildman–Crippen LogP) is 5.74. The molecule has 3 aromatic rings. The van der Waals surface area contributed by atoms with Gasteiger partial charge in [0.25, 0.3) is 5.91 Å². The fourth-order valence-electron chi connectivity index (χ4n) is 3.16. The Morgan fingerprint density at radius 3 is 2.53 bits per heavy atom. The Morgan fingerprint density at radius 1 is 1.14 bits per heavy atom. The van der Waals surface area contributed by atoms with E-state index in [0.717, 1.165) is 0 Å². The smallest absolute Gasteiger partial charge is 0.338 e. The lowest BCUT2D eigenvalue weighted by Gasteiger charge is -2.14. The van der Waals surface area contributed by atoms with Gasteiger partial charge in [-0.25, -0.2) is 9.18 Å². The first-order valence-electron chi connectivity index (χ1n) is 10.8. The lowest BCUT2D eigenvalue weighted by Crippen LogP contribution is -2.13. The van der Waals surface area contributed by atoms with Gasteiger partial charge in [-0.15, -0.1) is 0 Å². The first kappa shape index (κ1) is 26.7. The minimum atomic E-state index is -0.609. The molecule has 1 N–H and O–H groups in total. The van der Waals surface area contributed by atoms with E-state index < -0.39 is 11.9 Å². The zero-order chi connectivity index (χ0) is 26.1. The number of ether oxygens (including phenoxy) is 3. The molecule has 0 heterocycles. The summed E-state index contributed by atoms with van der Waals surface area (Å²) in [6.07, 6.45) is 1.43. The Balaban J connectivity index is 1.76. The van der Waals surface area contributed by atoms with Crippen LogP contribution in [0.25, 0.3) is 6.08 Å². The minimum Gasteiger partial charge on any atom is -0.493 e. The van der Waals surface area contributed by atoms with Crippen LogP contribution in [0.1, 0.15) is 28.4 Å². The van der Waals surface area contributed by atoms with Gasteiger partial charge in [0.1, 0.15) is 24.1 Å². The molecule has 0 saturated heterocycles. The van der Waals surface area contributed by atoms with Crippen molar-refractivity contribution in [3.8, 4) is 17.6 Å². The number of benzene rings is 3. The summed E-state index contributed by atoms with van der Waals surface area (Å²) < 4.78 is 30.4. The third kappa shape index (κ3) is 7.05. The average Bonchev–Trinajstić information content (AvgIpc) is 2.86. The number of methoxy groups -OCH3 is 1. The molecule has 0 spiro atoms. The van der Waals surface area contributed by atoms with E-state index in [4.69, 9.17) is 14.2 Å². The molecule has 3 rings (SSSR count). The number of nitrogens with one attached hydrogen (secondary N) is 1. The topological polar surface area (TPSA) is 97.7 Å². The fraction of sp³-hybridized carbons (Fsp3) is 0.148. The van der Waals surface area contributed by atoms with E-state index in [9.17, 15) is 19.2 Å². The number of amides is 1. The van der Waals surface area contributed by atoms with E-state index in [1.807, 2.05) is 6.07 Å². The summed E-state index contributed by atoms with van der Waals surface area (Å²) in [5.41, 5.74) is 1.86. The number of hydrogen-bond donors (Lipinski definition) is 1. The third-order valence-corrected chi connectivity index (χ3v) is 5.66. The lowest BCUT2D eigenvalue weighted by atomic mass is 10.1. The van der Waals surface area contributed by atoms with Crippen molar-refractivity contribution in [2.45, 2.75) is 13.5 Å². The zero-order valence-electron chi connectivity index (χ0n) is 19.5. The Labute approximate surface area is 221 Å². The van der Waals surface area contributed by atoms with Gasteiger partial charge in [0.05, 0.1) is 22.9 Å². The number of anilines is 1. The molecule has 0 fully saturated rings. The van der Waals surface area contributed by atoms with Crippen LogP contribution in [0.5, 0.6) is 11.5 Å². The highest BCUT2D eigenvalue weighted by atomic mass is 127. The van der Waals surface area contributed by atoms with E-state index in [1.165, 1.54) is 37.5 Å². The highest BCUT2D eigenvalue weighted by Gasteiger charge is 2.15. The standard InChI is InChI=1S/C27H22FIN2O5/c1-3-35-27(33)19-7-9-22(10-8-19)31-26(32)20(15-30)11-18-13-23(29)25(24(14-18)34-2)36-16-17-5-4-6-21(28)12-17/h4-14H,3,16H2,1-2H3,(H,31,32)/b20-11+. The molecule has 0 saturated carbocycles. The second-order valence-corrected chi connectivity index (χ2v) is 8.54. The second-order valence-electron chi connectivity index (χ2n) is 7.37. The molecular weight excluding hydrogens is 578 g/mol. The van der Waals surface area contributed by atoms with Crippen LogP contribution >= 0.6 is 22.6 Å². The number of nitrogens with zero attached hydrogens (tertiary/aromatic N) is 1. The van der Waals surface area contributed by atoms with Gasteiger partial charge in [-0.1, -0.05) is 12.1 Å². The van der Waals surface area contributed by atoms with Gasteiger partial charge in [-0.3, -0.25) is 4.79 Å². The van der Waals surface area contributed by atoms with Crippen LogP contribution in [-0.4, -0.2) is 25.6 Å². The summed E-state index contributed by atoms with van der Waals surface area (Å²) in [7, 11) is 1.48. The maximum Gasteiger partial charge on any atom is 0.338 e. The Hall–Kier alpha value is -3.91. The summed E-state index contributed by atoms with van der Waals surface area (Å²) in [6.45, 7) is 2.12. The van der Waals surface area contributed by atoms with Gasteiger partial charge in [-0.2, -0.15) is 5.26 Å². The van der Waals surface area contributed by atoms with Crippen molar-refractivity contribution in [2.24, 2.45) is 0 Å². The minimum absolute atomic E-state index is 0.129. The first-order valence-corrected chi connectivity index (χ1v) is 11.9. The van der Waals surface area contributed by atoms with Crippen LogP contribution < -0.4 is 14.8 Å². The zero-order valence-corrected chi connectivity index (χ0v) is 21.7. The molecule has 36 heavy (non-hydrogen) atoms. The van der Waals surface area contributed by atoms with Crippen LogP contribution in [0, 0.1) is 20.7 Å². The Morgan fingerprint density at radius 2 is 1.89 bits per heavy atom. The molecule has 0 aromatic heterocycles. The normalized spacial score (nSPS) is 10.8. The molecule has 0 radical (unpaired) electrons. The van der Waals surface area contributed by atoms with E-state index in [2.05, 4.69) is 27.9 Å². The number of carbonyl (C=O) groups is 2. The highest BCUT2D eigenvalue weighted by molar-refractivity contribution is 14.1. The predicted molar refractivity (Wildman–Crippen MR) is 141 cm³/mol. The van der Waals surface area contributed by atoms with E-state index in [-0.39, 0.29) is 24.6 Å². The SMILES string of the molecule is CCOC(=O)c1ccc(NC(=O)/C(C#N)=C/c2cc(I)c(OCc3cccc(F)c3)c(OC)c2)cc1. The van der Waals surface area contributed by atoms with Crippen molar-refractivity contribution in [3.63, 3.8) is 0 Å². The quantitative estimate of drug-likeness (QED) is 0.146. The van der Waals surface area contributed by atoms with Crippen molar-refractivity contribution >= 4 is 46.2 Å². The molecule has 1 amide bonds. The van der Waals surface area contributed by atoms with E-state index >= 15 is 0 Å². The Kier molecular flexibility index (Phi) is 9.41. The maximum atomic E-state index is 13.4. The van der Waals surface area contributed by atoms with Crippen molar-refractivity contribution < 1.29 is 28.2 Å². The molecule has 3 aromatic carbocycles. The van der Waals surface area contributed by atoms with Gasteiger partial charge in [0.2, 0.25) is 0 Å². The molecular formula is C27H22FIN2O5. The van der Waals surface area contributed by atoms with Crippen molar-refractivity contribution in [3.05, 3.63) is 92.3 Å². The molecule has 9 heteroatoms. The van der Waals surface area contributed by atoms with Crippen LogP contribution in [0.4, 0.5) is 10.1 Å². The van der Waals surface area contributed by atoms with Gasteiger partial charge >= 0.3 is 5.97 Å². The summed E-state index contributed by atoms with van der Waals surface area (Å²) >= 11 is 2.06. The molecule has 7 nitrogen and oxygen atoms in total. The van der Waals surface area contributed by atoms with Crippen molar-refractivity contribution in [1.82, 2.24) is 0 Å². The monoisotopic (exact) mass is 600 g/mol. The van der Waals surface area contributed by atoms with E-state index in [1.54, 1.807) is 43.3 Å². The van der Waals surface area contributed by atoms with Gasteiger partial charge < -0.3 is 19.5 Å². The lowest BCUT2D eigenvalue weighted by molar-refractivity contribution is -0.112. The molecule has 0 bridgehead atoms. The molecule has 184 valence electrons. The number of carbonyl (C=O) groups excluding carboxylic acids is 2. The van der Waals surface area contributed by atoms with Gasteiger partial charge in [-0.05, 0) is 95.2 Å². The summed E-state index contributed by atoms with van der Waals surface area (Å²) in [4.78, 5) is 24.5. The number of rotatable bonds is 9. The first-order chi connectivity index (χ1) is 17.3. The molecule has 0 atom stereocenters. The second kappa shape index (κ2) is 12.7. The number of esters is 1. The van der Waals surface area contributed by atoms with Crippen molar-refractivity contribution in [1.29, 1.82) is 5.26 Å². The number of halogens is 2. The largest absolute Gasteiger partial charge is 0.493 e. The van der Waals surface area contributed by atoms with Crippen LogP contribution in [0.15, 0.2) is 66.2 Å². The van der Waals surface area contributed by atoms with Crippen molar-refractivity contribution in [2.75, 3.05) is 19.0 Å². The fourth-order valence-corrected chi connectivity index (χ4v) is 3.94. The van der Waals surface area contributed by atoms with Gasteiger partial charge in [0, 0.05) is 5.69 Å². The molecule has 0 aliphatic rings. The molecule has 0 aliphatic heterocycles. The van der Waals surface area contributed by atoms with Gasteiger partial charge in [0.15, 0.2) is 11.5 Å². The molecule has 0 unspecified atom stereocenters. The van der Waals surface area contributed by atoms with Crippen LogP contribution in [0.2, 0.25) is 0 Å². The van der Waals surface area contributed by atoms with E-state index in [0.29, 0.717) is 37.4 Å². The molecule has 0 aliphatic carbocycles. The van der Waals surface area contributed by atoms with Crippen LogP contribution in [-0.2, 0) is 16.1 Å². The average molecular weight is 600 g/mol. The van der Waals surface area contributed by atoms with Crippen LogP contribution in [0.3, 0.4) is 0 Å². The summed E-state index contributed by atoms with van der Waals surface area (Å²) in [5.74, 6) is -0.557. The number of hydrogen-bond acceptors (Lipinski definition) is 6. The highest BCUT2D eigenvalue weighted by Crippen LogP contribution is 2.35. The summed E-state index contributed by atoms with van der Waals surface area (Å²) in [5, 5.41) is 12.2. The summed E-state index contributed by atoms with van der Waals surface area (Å²) in [6, 6.07) is 17.5. The number of nitriles is 1. The maximum absolute atomic E-state index is 13.4. The third-order valence-electron chi connectivity index (χ3n) is 4.85.